The second-order valence-corrected chi connectivity index (χ2v) is 7.11. The number of nitrogens with zero attached hydrogens (tertiary/aromatic N) is 3. The van der Waals surface area contributed by atoms with Crippen molar-refractivity contribution in [3.8, 4) is 0 Å². The summed E-state index contributed by atoms with van der Waals surface area (Å²) in [7, 11) is 3.89. The molecular formula is C20H29N5O2. The van der Waals surface area contributed by atoms with Gasteiger partial charge in [-0.1, -0.05) is 6.42 Å². The molecule has 146 valence electrons. The van der Waals surface area contributed by atoms with Crippen LogP contribution < -0.4 is 15.5 Å². The summed E-state index contributed by atoms with van der Waals surface area (Å²) in [5, 5.41) is 5.92. The van der Waals surface area contributed by atoms with Gasteiger partial charge in [-0.25, -0.2) is 9.78 Å². The molecule has 0 bridgehead atoms. The first-order valence-corrected chi connectivity index (χ1v) is 9.55. The molecule has 1 fully saturated rings. The van der Waals surface area contributed by atoms with E-state index >= 15 is 0 Å². The van der Waals surface area contributed by atoms with Crippen molar-refractivity contribution in [2.45, 2.75) is 31.8 Å². The fraction of sp³-hybridized carbons (Fsp3) is 0.500. The number of pyridine rings is 1. The molecule has 1 aliphatic rings. The van der Waals surface area contributed by atoms with E-state index in [0.29, 0.717) is 13.1 Å². The highest BCUT2D eigenvalue weighted by Crippen LogP contribution is 2.24. The van der Waals surface area contributed by atoms with Gasteiger partial charge in [-0.2, -0.15) is 0 Å². The lowest BCUT2D eigenvalue weighted by molar-refractivity contribution is 0.143. The number of urea groups is 1. The van der Waals surface area contributed by atoms with Gasteiger partial charge in [0, 0.05) is 33.4 Å². The number of amides is 2. The van der Waals surface area contributed by atoms with E-state index in [2.05, 4.69) is 20.5 Å². The third-order valence-corrected chi connectivity index (χ3v) is 4.88. The van der Waals surface area contributed by atoms with Gasteiger partial charge >= 0.3 is 6.03 Å². The van der Waals surface area contributed by atoms with E-state index in [1.807, 2.05) is 43.3 Å². The number of carbonyl (C=O) groups is 1. The monoisotopic (exact) mass is 371 g/mol. The Hall–Kier alpha value is -2.54. The third-order valence-electron chi connectivity index (χ3n) is 4.88. The Morgan fingerprint density at radius 2 is 2.07 bits per heavy atom. The van der Waals surface area contributed by atoms with Crippen LogP contribution >= 0.6 is 0 Å². The van der Waals surface area contributed by atoms with Crippen LogP contribution in [0, 0.1) is 0 Å². The summed E-state index contributed by atoms with van der Waals surface area (Å²) in [5.41, 5.74) is 1.02. The molecular weight excluding hydrogens is 342 g/mol. The average molecular weight is 371 g/mol. The van der Waals surface area contributed by atoms with Crippen LogP contribution in [0.2, 0.25) is 0 Å². The molecule has 2 amide bonds. The van der Waals surface area contributed by atoms with E-state index < -0.39 is 0 Å². The van der Waals surface area contributed by atoms with Crippen molar-refractivity contribution < 1.29 is 9.21 Å². The molecule has 3 rings (SSSR count). The molecule has 0 spiro atoms. The predicted octanol–water partition coefficient (Wildman–Crippen LogP) is 2.77. The van der Waals surface area contributed by atoms with Crippen LogP contribution in [0.5, 0.6) is 0 Å². The number of hydrogen-bond donors (Lipinski definition) is 2. The molecule has 2 N–H and O–H groups in total. The predicted molar refractivity (Wildman–Crippen MR) is 106 cm³/mol. The number of rotatable bonds is 7. The van der Waals surface area contributed by atoms with Crippen LogP contribution in [0.1, 0.15) is 36.6 Å². The van der Waals surface area contributed by atoms with Gasteiger partial charge in [0.25, 0.3) is 0 Å². The summed E-state index contributed by atoms with van der Waals surface area (Å²) in [5.74, 6) is 1.78. The molecule has 3 heterocycles. The molecule has 1 saturated heterocycles. The Balaban J connectivity index is 1.52. The zero-order chi connectivity index (χ0) is 19.1. The Bertz CT molecular complexity index is 711. The van der Waals surface area contributed by atoms with E-state index in [4.69, 9.17) is 4.42 Å². The molecule has 2 aromatic rings. The fourth-order valence-corrected chi connectivity index (χ4v) is 3.37. The van der Waals surface area contributed by atoms with Gasteiger partial charge in [0.15, 0.2) is 0 Å². The van der Waals surface area contributed by atoms with Crippen molar-refractivity contribution in [1.29, 1.82) is 0 Å². The van der Waals surface area contributed by atoms with Crippen molar-refractivity contribution in [1.82, 2.24) is 20.5 Å². The van der Waals surface area contributed by atoms with E-state index in [9.17, 15) is 4.79 Å². The molecule has 7 heteroatoms. The minimum absolute atomic E-state index is 0.0762. The summed E-state index contributed by atoms with van der Waals surface area (Å²) < 4.78 is 5.62. The number of carbonyl (C=O) groups excluding carboxylic acids is 1. The molecule has 7 nitrogen and oxygen atoms in total. The fourth-order valence-electron chi connectivity index (χ4n) is 3.37. The lowest BCUT2D eigenvalue weighted by atomic mass is 10.1. The van der Waals surface area contributed by atoms with Crippen LogP contribution in [-0.2, 0) is 6.54 Å². The SMILES string of the molecule is CN(C)c1cc(CNC(=O)NCC(c2ccco2)N2CCCCC2)ccn1. The Kier molecular flexibility index (Phi) is 6.70. The van der Waals surface area contributed by atoms with Gasteiger partial charge in [0.2, 0.25) is 0 Å². The van der Waals surface area contributed by atoms with Gasteiger partial charge < -0.3 is 20.0 Å². The molecule has 0 aromatic carbocycles. The minimum Gasteiger partial charge on any atom is -0.468 e. The number of aromatic nitrogens is 1. The number of likely N-dealkylation sites (tertiary alicyclic amines) is 1. The van der Waals surface area contributed by atoms with Crippen molar-refractivity contribution >= 4 is 11.8 Å². The maximum atomic E-state index is 12.3. The molecule has 1 atom stereocenters. The van der Waals surface area contributed by atoms with Gasteiger partial charge in [-0.05, 0) is 55.8 Å². The standard InChI is InChI=1S/C20H29N5O2/c1-24(2)19-13-16(8-9-21-19)14-22-20(26)23-15-17(18-7-6-12-27-18)25-10-4-3-5-11-25/h6-9,12-13,17H,3-5,10-11,14-15H2,1-2H3,(H2,22,23,26). The van der Waals surface area contributed by atoms with Crippen LogP contribution in [-0.4, -0.2) is 49.6 Å². The first-order chi connectivity index (χ1) is 13.1. The van der Waals surface area contributed by atoms with Gasteiger partial charge in [0.1, 0.15) is 11.6 Å². The first-order valence-electron chi connectivity index (χ1n) is 9.55. The average Bonchev–Trinajstić information content (AvgIpc) is 3.22. The van der Waals surface area contributed by atoms with E-state index in [1.165, 1.54) is 19.3 Å². The van der Waals surface area contributed by atoms with Crippen LogP contribution in [0.25, 0.3) is 0 Å². The number of piperidine rings is 1. The van der Waals surface area contributed by atoms with Gasteiger partial charge in [-0.3, -0.25) is 4.90 Å². The molecule has 0 radical (unpaired) electrons. The maximum absolute atomic E-state index is 12.3. The zero-order valence-electron chi connectivity index (χ0n) is 16.1. The number of hydrogen-bond acceptors (Lipinski definition) is 5. The third kappa shape index (κ3) is 5.47. The molecule has 2 aromatic heterocycles. The molecule has 0 saturated carbocycles. The second-order valence-electron chi connectivity index (χ2n) is 7.11. The Labute approximate surface area is 160 Å². The smallest absolute Gasteiger partial charge is 0.315 e. The van der Waals surface area contributed by atoms with Crippen molar-refractivity contribution in [2.24, 2.45) is 0 Å². The Morgan fingerprint density at radius 3 is 2.78 bits per heavy atom. The summed E-state index contributed by atoms with van der Waals surface area (Å²) in [6, 6.07) is 7.67. The topological polar surface area (TPSA) is 73.6 Å². The summed E-state index contributed by atoms with van der Waals surface area (Å²) >= 11 is 0. The highest BCUT2D eigenvalue weighted by molar-refractivity contribution is 5.73. The lowest BCUT2D eigenvalue weighted by Crippen LogP contribution is -2.43. The summed E-state index contributed by atoms with van der Waals surface area (Å²) in [4.78, 5) is 20.9. The van der Waals surface area contributed by atoms with Crippen molar-refractivity contribution in [3.63, 3.8) is 0 Å². The van der Waals surface area contributed by atoms with E-state index in [-0.39, 0.29) is 12.1 Å². The minimum atomic E-state index is -0.174. The highest BCUT2D eigenvalue weighted by atomic mass is 16.3. The lowest BCUT2D eigenvalue weighted by Gasteiger charge is -2.33. The van der Waals surface area contributed by atoms with Crippen LogP contribution in [0.4, 0.5) is 10.6 Å². The van der Waals surface area contributed by atoms with Crippen LogP contribution in [0.15, 0.2) is 41.1 Å². The van der Waals surface area contributed by atoms with Gasteiger partial charge in [-0.15, -0.1) is 0 Å². The van der Waals surface area contributed by atoms with E-state index in [1.54, 1.807) is 12.5 Å². The number of anilines is 1. The Morgan fingerprint density at radius 1 is 1.26 bits per heavy atom. The molecule has 1 unspecified atom stereocenters. The zero-order valence-corrected chi connectivity index (χ0v) is 16.1. The highest BCUT2D eigenvalue weighted by Gasteiger charge is 2.24. The second kappa shape index (κ2) is 9.41. The van der Waals surface area contributed by atoms with Gasteiger partial charge in [0.05, 0.1) is 12.3 Å². The van der Waals surface area contributed by atoms with Crippen molar-refractivity contribution in [3.05, 3.63) is 48.0 Å². The van der Waals surface area contributed by atoms with Crippen LogP contribution in [0.3, 0.4) is 0 Å². The number of nitrogens with one attached hydrogen (secondary N) is 2. The van der Waals surface area contributed by atoms with E-state index in [0.717, 1.165) is 30.2 Å². The maximum Gasteiger partial charge on any atom is 0.315 e. The molecule has 0 aliphatic carbocycles. The normalized spacial score (nSPS) is 15.9. The summed E-state index contributed by atoms with van der Waals surface area (Å²) in [6.45, 7) is 3.07. The molecule has 27 heavy (non-hydrogen) atoms. The summed E-state index contributed by atoms with van der Waals surface area (Å²) in [6.07, 6.45) is 7.11. The quantitative estimate of drug-likeness (QED) is 0.783. The number of furan rings is 1. The van der Waals surface area contributed by atoms with Crippen molar-refractivity contribution in [2.75, 3.05) is 38.6 Å². The first kappa shape index (κ1) is 19.2. The largest absolute Gasteiger partial charge is 0.468 e. The molecule has 1 aliphatic heterocycles.